The maximum Gasteiger partial charge on any atom is 0.137 e. The summed E-state index contributed by atoms with van der Waals surface area (Å²) in [5, 5.41) is 0. The van der Waals surface area contributed by atoms with Crippen LogP contribution >= 0.6 is 0 Å². The Balaban J connectivity index is 1.53. The number of aryl methyl sites for hydroxylation is 1. The van der Waals surface area contributed by atoms with Crippen LogP contribution in [0.5, 0.6) is 0 Å². The Morgan fingerprint density at radius 1 is 1.04 bits per heavy atom. The van der Waals surface area contributed by atoms with E-state index in [1.54, 1.807) is 0 Å². The minimum atomic E-state index is 0.732. The largest absolute Gasteiger partial charge is 0.306 e. The first kappa shape index (κ1) is 15.4. The first-order valence-electron chi connectivity index (χ1n) is 8.98. The molecule has 3 heterocycles. The SMILES string of the molecule is Cc1ccc(-c2ccc3nc(CCN4CCC[C@H]4C)cn3c2)cc1. The molecule has 0 amide bonds. The van der Waals surface area contributed by atoms with Crippen LogP contribution in [0.25, 0.3) is 16.8 Å². The van der Waals surface area contributed by atoms with Crippen molar-refractivity contribution in [2.24, 2.45) is 0 Å². The first-order chi connectivity index (χ1) is 11.7. The Labute approximate surface area is 143 Å². The molecule has 3 nitrogen and oxygen atoms in total. The molecule has 24 heavy (non-hydrogen) atoms. The summed E-state index contributed by atoms with van der Waals surface area (Å²) in [6.07, 6.45) is 8.09. The van der Waals surface area contributed by atoms with Crippen molar-refractivity contribution < 1.29 is 0 Å². The third-order valence-electron chi connectivity index (χ3n) is 5.23. The molecule has 3 aromatic rings. The van der Waals surface area contributed by atoms with Gasteiger partial charge in [-0.1, -0.05) is 29.8 Å². The van der Waals surface area contributed by atoms with Gasteiger partial charge < -0.3 is 9.30 Å². The van der Waals surface area contributed by atoms with Gasteiger partial charge >= 0.3 is 0 Å². The van der Waals surface area contributed by atoms with E-state index in [0.717, 1.165) is 24.7 Å². The number of imidazole rings is 1. The van der Waals surface area contributed by atoms with Crippen molar-refractivity contribution in [3.8, 4) is 11.1 Å². The lowest BCUT2D eigenvalue weighted by atomic mass is 10.1. The predicted molar refractivity (Wildman–Crippen MR) is 99.3 cm³/mol. The standard InChI is InChI=1S/C21H25N3/c1-16-5-7-18(8-6-16)19-9-10-21-22-20(15-24(21)14-19)11-13-23-12-3-4-17(23)2/h5-10,14-15,17H,3-4,11-13H2,1-2H3/t17-/m1/s1. The second kappa shape index (κ2) is 6.40. The molecule has 1 fully saturated rings. The van der Waals surface area contributed by atoms with E-state index in [1.165, 1.54) is 41.8 Å². The van der Waals surface area contributed by atoms with E-state index < -0.39 is 0 Å². The fourth-order valence-corrected chi connectivity index (χ4v) is 3.66. The lowest BCUT2D eigenvalue weighted by Crippen LogP contribution is -2.29. The van der Waals surface area contributed by atoms with E-state index in [1.807, 2.05) is 0 Å². The number of hydrogen-bond acceptors (Lipinski definition) is 2. The average molecular weight is 319 g/mol. The highest BCUT2D eigenvalue weighted by molar-refractivity contribution is 5.65. The lowest BCUT2D eigenvalue weighted by molar-refractivity contribution is 0.271. The molecule has 0 aliphatic carbocycles. The van der Waals surface area contributed by atoms with Crippen molar-refractivity contribution in [2.75, 3.05) is 13.1 Å². The van der Waals surface area contributed by atoms with Crippen molar-refractivity contribution >= 4 is 5.65 Å². The molecule has 0 N–H and O–H groups in total. The lowest BCUT2D eigenvalue weighted by Gasteiger charge is -2.19. The number of pyridine rings is 1. The maximum absolute atomic E-state index is 4.78. The van der Waals surface area contributed by atoms with Gasteiger partial charge in [-0.3, -0.25) is 0 Å². The van der Waals surface area contributed by atoms with Crippen molar-refractivity contribution in [3.63, 3.8) is 0 Å². The van der Waals surface area contributed by atoms with Gasteiger partial charge in [-0.2, -0.15) is 0 Å². The van der Waals surface area contributed by atoms with Crippen molar-refractivity contribution in [1.82, 2.24) is 14.3 Å². The van der Waals surface area contributed by atoms with E-state index in [9.17, 15) is 0 Å². The number of nitrogens with zero attached hydrogens (tertiary/aromatic N) is 3. The van der Waals surface area contributed by atoms with Crippen LogP contribution in [0.15, 0.2) is 48.8 Å². The van der Waals surface area contributed by atoms with E-state index in [2.05, 4.69) is 71.9 Å². The van der Waals surface area contributed by atoms with Crippen molar-refractivity contribution in [3.05, 3.63) is 60.0 Å². The Kier molecular flexibility index (Phi) is 4.11. The summed E-state index contributed by atoms with van der Waals surface area (Å²) in [6.45, 7) is 6.82. The molecule has 1 aliphatic rings. The molecule has 124 valence electrons. The fraction of sp³-hybridized carbons (Fsp3) is 0.381. The fourth-order valence-electron chi connectivity index (χ4n) is 3.66. The van der Waals surface area contributed by atoms with Crippen LogP contribution in [0.3, 0.4) is 0 Å². The number of benzene rings is 1. The van der Waals surface area contributed by atoms with Gasteiger partial charge in [0.05, 0.1) is 5.69 Å². The number of likely N-dealkylation sites (tertiary alicyclic amines) is 1. The van der Waals surface area contributed by atoms with Crippen LogP contribution in [0.4, 0.5) is 0 Å². The molecule has 0 spiro atoms. The topological polar surface area (TPSA) is 20.5 Å². The summed E-state index contributed by atoms with van der Waals surface area (Å²) in [5.74, 6) is 0. The zero-order valence-corrected chi connectivity index (χ0v) is 14.6. The Morgan fingerprint density at radius 2 is 1.83 bits per heavy atom. The second-order valence-corrected chi connectivity index (χ2v) is 7.06. The predicted octanol–water partition coefficient (Wildman–Crippen LogP) is 4.34. The monoisotopic (exact) mass is 319 g/mol. The third kappa shape index (κ3) is 3.09. The van der Waals surface area contributed by atoms with Gasteiger partial charge in [0.1, 0.15) is 5.65 Å². The van der Waals surface area contributed by atoms with Crippen LogP contribution in [-0.2, 0) is 6.42 Å². The minimum absolute atomic E-state index is 0.732. The zero-order chi connectivity index (χ0) is 16.5. The van der Waals surface area contributed by atoms with Crippen LogP contribution in [0.2, 0.25) is 0 Å². The summed E-state index contributed by atoms with van der Waals surface area (Å²) in [6, 6.07) is 13.7. The molecule has 4 rings (SSSR count). The maximum atomic E-state index is 4.78. The van der Waals surface area contributed by atoms with Crippen LogP contribution < -0.4 is 0 Å². The summed E-state index contributed by atoms with van der Waals surface area (Å²) >= 11 is 0. The number of rotatable bonds is 4. The first-order valence-corrected chi connectivity index (χ1v) is 8.98. The van der Waals surface area contributed by atoms with E-state index in [4.69, 9.17) is 4.98 Å². The van der Waals surface area contributed by atoms with E-state index in [-0.39, 0.29) is 0 Å². The molecule has 0 bridgehead atoms. The highest BCUT2D eigenvalue weighted by atomic mass is 15.2. The van der Waals surface area contributed by atoms with E-state index >= 15 is 0 Å². The van der Waals surface area contributed by atoms with Gasteiger partial charge in [-0.15, -0.1) is 0 Å². The average Bonchev–Trinajstić information content (AvgIpc) is 3.18. The molecule has 0 unspecified atom stereocenters. The summed E-state index contributed by atoms with van der Waals surface area (Å²) in [5.41, 5.74) is 6.01. The molecule has 2 aromatic heterocycles. The quantitative estimate of drug-likeness (QED) is 0.713. The van der Waals surface area contributed by atoms with Crippen LogP contribution in [-0.4, -0.2) is 33.4 Å². The van der Waals surface area contributed by atoms with Crippen LogP contribution in [0, 0.1) is 6.92 Å². The highest BCUT2D eigenvalue weighted by Gasteiger charge is 2.19. The molecule has 1 aliphatic heterocycles. The van der Waals surface area contributed by atoms with Gasteiger partial charge in [0.15, 0.2) is 0 Å². The number of aromatic nitrogens is 2. The van der Waals surface area contributed by atoms with Gasteiger partial charge in [0.2, 0.25) is 0 Å². The van der Waals surface area contributed by atoms with Crippen LogP contribution in [0.1, 0.15) is 31.0 Å². The van der Waals surface area contributed by atoms with Crippen molar-refractivity contribution in [1.29, 1.82) is 0 Å². The second-order valence-electron chi connectivity index (χ2n) is 7.06. The number of hydrogen-bond donors (Lipinski definition) is 0. The van der Waals surface area contributed by atoms with E-state index in [0.29, 0.717) is 0 Å². The summed E-state index contributed by atoms with van der Waals surface area (Å²) in [4.78, 5) is 7.37. The molecule has 1 atom stereocenters. The molecule has 0 saturated carbocycles. The minimum Gasteiger partial charge on any atom is -0.306 e. The van der Waals surface area contributed by atoms with Crippen molar-refractivity contribution in [2.45, 2.75) is 39.2 Å². The molecule has 0 radical (unpaired) electrons. The molecule has 1 saturated heterocycles. The Bertz CT molecular complexity index is 832. The third-order valence-corrected chi connectivity index (χ3v) is 5.23. The van der Waals surface area contributed by atoms with Gasteiger partial charge in [0.25, 0.3) is 0 Å². The normalized spacial score (nSPS) is 18.5. The smallest absolute Gasteiger partial charge is 0.137 e. The molecular formula is C21H25N3. The Morgan fingerprint density at radius 3 is 2.58 bits per heavy atom. The molecule has 3 heteroatoms. The summed E-state index contributed by atoms with van der Waals surface area (Å²) in [7, 11) is 0. The van der Waals surface area contributed by atoms with Gasteiger partial charge in [0, 0.05) is 31.4 Å². The zero-order valence-electron chi connectivity index (χ0n) is 14.6. The van der Waals surface area contributed by atoms with Gasteiger partial charge in [-0.05, 0) is 56.5 Å². The van der Waals surface area contributed by atoms with Gasteiger partial charge in [-0.25, -0.2) is 4.98 Å². The molecular weight excluding hydrogens is 294 g/mol. The summed E-state index contributed by atoms with van der Waals surface area (Å²) < 4.78 is 2.16. The molecule has 1 aromatic carbocycles. The Hall–Kier alpha value is -2.13. The highest BCUT2D eigenvalue weighted by Crippen LogP contribution is 2.21. The number of fused-ring (bicyclic) bond motifs is 1.